The molecule has 4 nitrogen and oxygen atoms in total. The summed E-state index contributed by atoms with van der Waals surface area (Å²) >= 11 is 0. The highest BCUT2D eigenvalue weighted by Gasteiger charge is 2.16. The molecule has 3 rings (SSSR count). The molecule has 0 fully saturated rings. The molecule has 3 aromatic rings. The number of carbonyl (C=O) groups is 1. The minimum absolute atomic E-state index is 0.0133. The third-order valence-corrected chi connectivity index (χ3v) is 3.44. The molecule has 1 heterocycles. The SMILES string of the molecule is CN(Cc1ccc(F)cc1F)C(=O)c1cnc2ccccc2n1. The van der Waals surface area contributed by atoms with Gasteiger partial charge >= 0.3 is 0 Å². The molecule has 0 saturated heterocycles. The summed E-state index contributed by atoms with van der Waals surface area (Å²) in [7, 11) is 1.53. The molecule has 0 aliphatic rings. The van der Waals surface area contributed by atoms with Crippen molar-refractivity contribution >= 4 is 16.9 Å². The number of carbonyl (C=O) groups excluding carboxylic acids is 1. The Bertz CT molecular complexity index is 883. The summed E-state index contributed by atoms with van der Waals surface area (Å²) in [5.74, 6) is -1.72. The van der Waals surface area contributed by atoms with Gasteiger partial charge in [-0.2, -0.15) is 0 Å². The lowest BCUT2D eigenvalue weighted by Crippen LogP contribution is -2.27. The molecule has 0 unspecified atom stereocenters. The van der Waals surface area contributed by atoms with E-state index >= 15 is 0 Å². The van der Waals surface area contributed by atoms with Gasteiger partial charge in [-0.25, -0.2) is 13.8 Å². The Morgan fingerprint density at radius 3 is 2.61 bits per heavy atom. The molecule has 0 N–H and O–H groups in total. The second-order valence-electron chi connectivity index (χ2n) is 5.14. The second-order valence-corrected chi connectivity index (χ2v) is 5.14. The molecule has 116 valence electrons. The van der Waals surface area contributed by atoms with Crippen molar-refractivity contribution in [1.29, 1.82) is 0 Å². The third-order valence-electron chi connectivity index (χ3n) is 3.44. The quantitative estimate of drug-likeness (QED) is 0.746. The van der Waals surface area contributed by atoms with Crippen LogP contribution in [0.5, 0.6) is 0 Å². The molecular weight excluding hydrogens is 300 g/mol. The second kappa shape index (κ2) is 6.08. The van der Waals surface area contributed by atoms with Gasteiger partial charge in [0.05, 0.1) is 17.2 Å². The zero-order chi connectivity index (χ0) is 16.4. The van der Waals surface area contributed by atoms with Gasteiger partial charge in [0, 0.05) is 25.2 Å². The number of amides is 1. The van der Waals surface area contributed by atoms with Crippen molar-refractivity contribution in [3.05, 3.63) is 71.6 Å². The van der Waals surface area contributed by atoms with Gasteiger partial charge in [0.15, 0.2) is 0 Å². The summed E-state index contributed by atoms with van der Waals surface area (Å²) in [6.07, 6.45) is 1.39. The van der Waals surface area contributed by atoms with Crippen LogP contribution in [0, 0.1) is 11.6 Å². The number of aromatic nitrogens is 2. The summed E-state index contributed by atoms with van der Waals surface area (Å²) in [5.41, 5.74) is 1.71. The lowest BCUT2D eigenvalue weighted by atomic mass is 10.2. The average molecular weight is 313 g/mol. The van der Waals surface area contributed by atoms with Crippen molar-refractivity contribution in [3.8, 4) is 0 Å². The maximum absolute atomic E-state index is 13.7. The fraction of sp³-hybridized carbons (Fsp3) is 0.118. The first-order valence-electron chi connectivity index (χ1n) is 6.96. The van der Waals surface area contributed by atoms with Crippen LogP contribution in [0.15, 0.2) is 48.7 Å². The number of hydrogen-bond acceptors (Lipinski definition) is 3. The van der Waals surface area contributed by atoms with Crippen molar-refractivity contribution in [1.82, 2.24) is 14.9 Å². The van der Waals surface area contributed by atoms with Crippen molar-refractivity contribution in [3.63, 3.8) is 0 Å². The van der Waals surface area contributed by atoms with Crippen LogP contribution < -0.4 is 0 Å². The standard InChI is InChI=1S/C17H13F2N3O/c1-22(10-11-6-7-12(18)8-13(11)19)17(23)16-9-20-14-4-2-3-5-15(14)21-16/h2-9H,10H2,1H3. The van der Waals surface area contributed by atoms with Crippen LogP contribution in [0.25, 0.3) is 11.0 Å². The van der Waals surface area contributed by atoms with E-state index in [0.29, 0.717) is 11.0 Å². The molecule has 1 amide bonds. The number of hydrogen-bond donors (Lipinski definition) is 0. The molecule has 2 aromatic carbocycles. The minimum atomic E-state index is -0.686. The zero-order valence-electron chi connectivity index (χ0n) is 12.3. The monoisotopic (exact) mass is 313 g/mol. The normalized spacial score (nSPS) is 10.7. The van der Waals surface area contributed by atoms with Crippen molar-refractivity contribution in [2.24, 2.45) is 0 Å². The predicted molar refractivity (Wildman–Crippen MR) is 81.7 cm³/mol. The lowest BCUT2D eigenvalue weighted by Gasteiger charge is -2.17. The fourth-order valence-electron chi connectivity index (χ4n) is 2.23. The van der Waals surface area contributed by atoms with Crippen LogP contribution in [0.3, 0.4) is 0 Å². The van der Waals surface area contributed by atoms with E-state index in [1.165, 1.54) is 24.2 Å². The van der Waals surface area contributed by atoms with Gasteiger partial charge < -0.3 is 4.90 Å². The van der Waals surface area contributed by atoms with Gasteiger partial charge in [-0.15, -0.1) is 0 Å². The Morgan fingerprint density at radius 1 is 1.13 bits per heavy atom. The van der Waals surface area contributed by atoms with Gasteiger partial charge in [-0.1, -0.05) is 18.2 Å². The van der Waals surface area contributed by atoms with Gasteiger partial charge in [-0.05, 0) is 18.2 Å². The van der Waals surface area contributed by atoms with E-state index in [1.54, 1.807) is 12.1 Å². The summed E-state index contributed by atoms with van der Waals surface area (Å²) < 4.78 is 26.6. The molecule has 0 bridgehead atoms. The number of nitrogens with zero attached hydrogens (tertiary/aromatic N) is 3. The maximum Gasteiger partial charge on any atom is 0.274 e. The molecule has 1 aromatic heterocycles. The fourth-order valence-corrected chi connectivity index (χ4v) is 2.23. The van der Waals surface area contributed by atoms with Crippen LogP contribution in [0.1, 0.15) is 16.1 Å². The molecule has 0 atom stereocenters. The van der Waals surface area contributed by atoms with Gasteiger partial charge in [0.2, 0.25) is 0 Å². The van der Waals surface area contributed by atoms with E-state index < -0.39 is 11.6 Å². The van der Waals surface area contributed by atoms with E-state index in [9.17, 15) is 13.6 Å². The summed E-state index contributed by atoms with van der Waals surface area (Å²) in [6, 6.07) is 10.5. The number of benzene rings is 2. The molecule has 0 aliphatic heterocycles. The van der Waals surface area contributed by atoms with Crippen LogP contribution >= 0.6 is 0 Å². The Kier molecular flexibility index (Phi) is 3.97. The van der Waals surface area contributed by atoms with Crippen LogP contribution in [-0.2, 0) is 6.54 Å². The van der Waals surface area contributed by atoms with E-state index in [-0.39, 0.29) is 23.7 Å². The van der Waals surface area contributed by atoms with Crippen LogP contribution in [0.2, 0.25) is 0 Å². The summed E-state index contributed by atoms with van der Waals surface area (Å²) in [6.45, 7) is 0.0133. The first-order chi connectivity index (χ1) is 11.0. The Labute approximate surface area is 131 Å². The number of halogens is 2. The molecule has 0 aliphatic carbocycles. The Balaban J connectivity index is 1.83. The van der Waals surface area contributed by atoms with Gasteiger partial charge in [0.1, 0.15) is 17.3 Å². The van der Waals surface area contributed by atoms with Crippen molar-refractivity contribution in [2.45, 2.75) is 6.54 Å². The molecule has 23 heavy (non-hydrogen) atoms. The minimum Gasteiger partial charge on any atom is -0.336 e. The van der Waals surface area contributed by atoms with Crippen molar-refractivity contribution < 1.29 is 13.6 Å². The topological polar surface area (TPSA) is 46.1 Å². The summed E-state index contributed by atoms with van der Waals surface area (Å²) in [5, 5.41) is 0. The highest BCUT2D eigenvalue weighted by Crippen LogP contribution is 2.14. The van der Waals surface area contributed by atoms with Crippen LogP contribution in [-0.4, -0.2) is 27.8 Å². The highest BCUT2D eigenvalue weighted by atomic mass is 19.1. The lowest BCUT2D eigenvalue weighted by molar-refractivity contribution is 0.0778. The zero-order valence-corrected chi connectivity index (χ0v) is 12.3. The van der Waals surface area contributed by atoms with E-state index in [1.807, 2.05) is 12.1 Å². The molecule has 0 spiro atoms. The van der Waals surface area contributed by atoms with E-state index in [2.05, 4.69) is 9.97 Å². The largest absolute Gasteiger partial charge is 0.336 e. The molecule has 6 heteroatoms. The van der Waals surface area contributed by atoms with Crippen molar-refractivity contribution in [2.75, 3.05) is 7.05 Å². The first-order valence-corrected chi connectivity index (χ1v) is 6.96. The number of para-hydroxylation sites is 2. The Morgan fingerprint density at radius 2 is 1.87 bits per heavy atom. The Hall–Kier alpha value is -2.89. The maximum atomic E-state index is 13.7. The average Bonchev–Trinajstić information content (AvgIpc) is 2.56. The smallest absolute Gasteiger partial charge is 0.274 e. The van der Waals surface area contributed by atoms with Gasteiger partial charge in [-0.3, -0.25) is 9.78 Å². The van der Waals surface area contributed by atoms with Crippen LogP contribution in [0.4, 0.5) is 8.78 Å². The van der Waals surface area contributed by atoms with Gasteiger partial charge in [0.25, 0.3) is 5.91 Å². The predicted octanol–water partition coefficient (Wildman–Crippen LogP) is 3.18. The highest BCUT2D eigenvalue weighted by molar-refractivity contribution is 5.93. The molecule has 0 radical (unpaired) electrons. The van der Waals surface area contributed by atoms with E-state index in [0.717, 1.165) is 12.1 Å². The third kappa shape index (κ3) is 3.15. The molecular formula is C17H13F2N3O. The van der Waals surface area contributed by atoms with E-state index in [4.69, 9.17) is 0 Å². The molecule has 0 saturated carbocycles. The first kappa shape index (κ1) is 15.0. The number of rotatable bonds is 3. The number of fused-ring (bicyclic) bond motifs is 1. The summed E-state index contributed by atoms with van der Waals surface area (Å²) in [4.78, 5) is 22.2.